The van der Waals surface area contributed by atoms with Gasteiger partial charge in [0.2, 0.25) is 0 Å². The van der Waals surface area contributed by atoms with Gasteiger partial charge in [0.05, 0.1) is 30.8 Å². The summed E-state index contributed by atoms with van der Waals surface area (Å²) in [6, 6.07) is 0. The highest BCUT2D eigenvalue weighted by atomic mass is 32.2. The number of rotatable bonds is 3. The van der Waals surface area contributed by atoms with Crippen molar-refractivity contribution in [1.82, 2.24) is 0 Å². The van der Waals surface area contributed by atoms with Crippen molar-refractivity contribution in [3.05, 3.63) is 0 Å². The maximum Gasteiger partial charge on any atom is 0.315 e. The Kier molecular flexibility index (Phi) is 4.66. The highest BCUT2D eigenvalue weighted by Gasteiger charge is 2.73. The van der Waals surface area contributed by atoms with E-state index in [2.05, 4.69) is 0 Å². The summed E-state index contributed by atoms with van der Waals surface area (Å²) in [4.78, 5) is 24.3. The molecule has 0 radical (unpaired) electrons. The maximum absolute atomic E-state index is 12.4. The van der Waals surface area contributed by atoms with Gasteiger partial charge in [0.15, 0.2) is 0 Å². The highest BCUT2D eigenvalue weighted by molar-refractivity contribution is 8.17. The summed E-state index contributed by atoms with van der Waals surface area (Å²) in [7, 11) is 1.36. The molecule has 2 heterocycles. The lowest BCUT2D eigenvalue weighted by Crippen LogP contribution is -2.44. The predicted molar refractivity (Wildman–Crippen MR) is 90.1 cm³/mol. The minimum atomic E-state index is -0.949. The number of esters is 2. The molecule has 3 rings (SSSR count). The van der Waals surface area contributed by atoms with Crippen LogP contribution in [-0.2, 0) is 19.1 Å². The second kappa shape index (κ2) is 6.15. The van der Waals surface area contributed by atoms with Crippen molar-refractivity contribution in [2.24, 2.45) is 22.7 Å². The summed E-state index contributed by atoms with van der Waals surface area (Å²) < 4.78 is 10.5. The number of aliphatic hydroxyl groups excluding tert-OH is 1. The van der Waals surface area contributed by atoms with Crippen molar-refractivity contribution in [2.45, 2.75) is 37.4 Å². The molecule has 1 aliphatic carbocycles. The third-order valence-electron chi connectivity index (χ3n) is 6.08. The molecule has 1 saturated carbocycles. The molecule has 23 heavy (non-hydrogen) atoms. The molecule has 2 aliphatic heterocycles. The van der Waals surface area contributed by atoms with Crippen LogP contribution in [0.15, 0.2) is 0 Å². The van der Waals surface area contributed by atoms with Crippen LogP contribution in [0.2, 0.25) is 0 Å². The molecule has 0 spiro atoms. The topological polar surface area (TPSA) is 72.8 Å². The van der Waals surface area contributed by atoms with Gasteiger partial charge in [-0.1, -0.05) is 6.92 Å². The Bertz CT molecular complexity index is 507. The number of thioether (sulfide) groups is 2. The first-order valence-electron chi connectivity index (χ1n) is 8.01. The van der Waals surface area contributed by atoms with Crippen LogP contribution in [0.4, 0.5) is 0 Å². The second-order valence-corrected chi connectivity index (χ2v) is 9.87. The molecule has 0 aromatic heterocycles. The van der Waals surface area contributed by atoms with E-state index in [1.807, 2.05) is 30.4 Å². The van der Waals surface area contributed by atoms with Gasteiger partial charge in [-0.15, -0.1) is 23.5 Å². The van der Waals surface area contributed by atoms with E-state index in [0.29, 0.717) is 6.61 Å². The van der Waals surface area contributed by atoms with Gasteiger partial charge in [-0.25, -0.2) is 0 Å². The lowest BCUT2D eigenvalue weighted by Gasteiger charge is -2.40. The van der Waals surface area contributed by atoms with Crippen LogP contribution >= 0.6 is 23.5 Å². The summed E-state index contributed by atoms with van der Waals surface area (Å²) >= 11 is 3.76. The summed E-state index contributed by atoms with van der Waals surface area (Å²) in [5, 5.41) is 11.0. The van der Waals surface area contributed by atoms with Crippen LogP contribution in [0.1, 0.15) is 26.7 Å². The highest BCUT2D eigenvalue weighted by Crippen LogP contribution is 2.66. The third-order valence-corrected chi connectivity index (χ3v) is 9.19. The number of carbonyl (C=O) groups is 2. The number of carbonyl (C=O) groups excluding carboxylic acids is 2. The van der Waals surface area contributed by atoms with Crippen molar-refractivity contribution >= 4 is 35.5 Å². The Hall–Kier alpha value is -0.400. The van der Waals surface area contributed by atoms with Crippen LogP contribution in [0.5, 0.6) is 0 Å². The zero-order valence-electron chi connectivity index (χ0n) is 13.7. The zero-order valence-corrected chi connectivity index (χ0v) is 15.4. The van der Waals surface area contributed by atoms with Crippen molar-refractivity contribution in [2.75, 3.05) is 25.2 Å². The van der Waals surface area contributed by atoms with Gasteiger partial charge in [0, 0.05) is 11.3 Å². The van der Waals surface area contributed by atoms with E-state index >= 15 is 0 Å². The molecule has 5 atom stereocenters. The molecule has 3 aliphatic rings. The number of methoxy groups -OCH3 is 1. The molecule has 0 bridgehead atoms. The van der Waals surface area contributed by atoms with Crippen molar-refractivity contribution in [1.29, 1.82) is 0 Å². The van der Waals surface area contributed by atoms with E-state index in [4.69, 9.17) is 9.47 Å². The van der Waals surface area contributed by atoms with Gasteiger partial charge in [0.25, 0.3) is 0 Å². The normalized spacial score (nSPS) is 44.0. The number of hydrogen-bond acceptors (Lipinski definition) is 7. The molecule has 3 fully saturated rings. The van der Waals surface area contributed by atoms with Crippen molar-refractivity contribution in [3.63, 3.8) is 0 Å². The van der Waals surface area contributed by atoms with Crippen LogP contribution in [0, 0.1) is 22.7 Å². The number of hydrogen-bond donors (Lipinski definition) is 1. The summed E-state index contributed by atoms with van der Waals surface area (Å²) in [6.07, 6.45) is 0.444. The molecule has 1 N–H and O–H groups in total. The second-order valence-electron chi connectivity index (χ2n) is 7.07. The van der Waals surface area contributed by atoms with Gasteiger partial charge in [-0.2, -0.15) is 0 Å². The SMILES string of the molecule is COC(=O)C[C@@H]1[C@@H](O)[C@@]2(C)C(=O)OC[C@@]2(C)[C@H]1C1SCCCS1. The minimum absolute atomic E-state index is 0.0448. The van der Waals surface area contributed by atoms with E-state index in [9.17, 15) is 14.7 Å². The van der Waals surface area contributed by atoms with E-state index in [0.717, 1.165) is 11.5 Å². The quantitative estimate of drug-likeness (QED) is 0.771. The molecule has 0 amide bonds. The molecular formula is C16H24O5S2. The first-order chi connectivity index (χ1) is 10.9. The fraction of sp³-hybridized carbons (Fsp3) is 0.875. The monoisotopic (exact) mass is 360 g/mol. The van der Waals surface area contributed by atoms with Gasteiger partial charge in [-0.3, -0.25) is 9.59 Å². The molecule has 0 unspecified atom stereocenters. The minimum Gasteiger partial charge on any atom is -0.469 e. The first kappa shape index (κ1) is 17.4. The Labute approximate surface area is 145 Å². The van der Waals surface area contributed by atoms with Crippen molar-refractivity contribution < 1.29 is 24.2 Å². The lowest BCUT2D eigenvalue weighted by atomic mass is 9.66. The molecule has 2 saturated heterocycles. The Morgan fingerprint density at radius 2 is 2.04 bits per heavy atom. The zero-order chi connectivity index (χ0) is 16.8. The molecule has 0 aromatic carbocycles. The van der Waals surface area contributed by atoms with E-state index < -0.39 is 16.9 Å². The maximum atomic E-state index is 12.4. The number of cyclic esters (lactones) is 1. The Morgan fingerprint density at radius 1 is 1.39 bits per heavy atom. The van der Waals surface area contributed by atoms with Crippen LogP contribution < -0.4 is 0 Å². The van der Waals surface area contributed by atoms with Crippen LogP contribution in [-0.4, -0.2) is 53.0 Å². The number of aliphatic hydroxyl groups is 1. The molecule has 7 heteroatoms. The Balaban J connectivity index is 1.99. The fourth-order valence-electron chi connectivity index (χ4n) is 4.48. The van der Waals surface area contributed by atoms with E-state index in [1.165, 1.54) is 13.5 Å². The largest absolute Gasteiger partial charge is 0.469 e. The van der Waals surface area contributed by atoms with Gasteiger partial charge in [0.1, 0.15) is 5.41 Å². The molecule has 5 nitrogen and oxygen atoms in total. The average molecular weight is 360 g/mol. The van der Waals surface area contributed by atoms with Gasteiger partial charge >= 0.3 is 11.9 Å². The summed E-state index contributed by atoms with van der Waals surface area (Å²) in [5.41, 5.74) is -1.40. The summed E-state index contributed by atoms with van der Waals surface area (Å²) in [5.74, 6) is 1.27. The van der Waals surface area contributed by atoms with Crippen LogP contribution in [0.3, 0.4) is 0 Å². The third kappa shape index (κ3) is 2.42. The smallest absolute Gasteiger partial charge is 0.315 e. The number of ether oxygens (including phenoxy) is 2. The molecular weight excluding hydrogens is 336 g/mol. The van der Waals surface area contributed by atoms with Gasteiger partial charge in [-0.05, 0) is 30.8 Å². The number of fused-ring (bicyclic) bond motifs is 1. The lowest BCUT2D eigenvalue weighted by molar-refractivity contribution is -0.153. The molecule has 130 valence electrons. The van der Waals surface area contributed by atoms with Crippen molar-refractivity contribution in [3.8, 4) is 0 Å². The summed E-state index contributed by atoms with van der Waals surface area (Å²) in [6.45, 7) is 4.16. The van der Waals surface area contributed by atoms with E-state index in [1.54, 1.807) is 6.92 Å². The molecule has 0 aromatic rings. The first-order valence-corrected chi connectivity index (χ1v) is 10.1. The predicted octanol–water partition coefficient (Wildman–Crippen LogP) is 1.92. The van der Waals surface area contributed by atoms with E-state index in [-0.39, 0.29) is 34.8 Å². The van der Waals surface area contributed by atoms with Crippen LogP contribution in [0.25, 0.3) is 0 Å². The Morgan fingerprint density at radius 3 is 2.65 bits per heavy atom. The fourth-order valence-corrected chi connectivity index (χ4v) is 8.13. The standard InChI is InChI=1S/C16H24O5S2/c1-15-8-21-14(19)16(15,2)12(18)9(7-10(17)20-3)11(15)13-22-5-4-6-23-13/h9,11-13,18H,4-8H2,1-3H3/t9-,11+,12+,15-,16-/m0/s1. The van der Waals surface area contributed by atoms with Gasteiger partial charge < -0.3 is 14.6 Å². The average Bonchev–Trinajstić information content (AvgIpc) is 2.88.